The van der Waals surface area contributed by atoms with E-state index in [0.29, 0.717) is 0 Å². The number of aromatic nitrogens is 3. The minimum atomic E-state index is -0.0982. The normalized spacial score (nSPS) is 11.1. The molecule has 24 heavy (non-hydrogen) atoms. The molecule has 1 N–H and O–H groups in total. The van der Waals surface area contributed by atoms with Crippen LogP contribution in [-0.2, 0) is 4.79 Å². The molecule has 118 valence electrons. The first-order chi connectivity index (χ1) is 11.6. The van der Waals surface area contributed by atoms with Crippen LogP contribution in [0.4, 0.5) is 5.69 Å². The highest BCUT2D eigenvalue weighted by Gasteiger charge is 2.10. The maximum Gasteiger partial charge on any atom is 0.221 e. The van der Waals surface area contributed by atoms with Gasteiger partial charge in [-0.3, -0.25) is 4.79 Å². The molecule has 4 rings (SSSR count). The van der Waals surface area contributed by atoms with Crippen LogP contribution in [-0.4, -0.2) is 20.9 Å². The minimum Gasteiger partial charge on any atom is -0.326 e. The van der Waals surface area contributed by atoms with E-state index in [2.05, 4.69) is 33.7 Å². The first kappa shape index (κ1) is 14.4. The number of carbonyl (C=O) groups is 1. The van der Waals surface area contributed by atoms with Crippen LogP contribution in [0.2, 0.25) is 0 Å². The number of nitrogens with one attached hydrogen (secondary N) is 1. The second-order valence-corrected chi connectivity index (χ2v) is 5.82. The molecule has 0 unspecified atom stereocenters. The molecule has 0 saturated carbocycles. The van der Waals surface area contributed by atoms with Gasteiger partial charge in [-0.15, -0.1) is 15.0 Å². The molecule has 5 nitrogen and oxygen atoms in total. The molecule has 5 heteroatoms. The van der Waals surface area contributed by atoms with Crippen molar-refractivity contribution in [2.45, 2.75) is 13.8 Å². The van der Waals surface area contributed by atoms with Crippen LogP contribution in [0.5, 0.6) is 0 Å². The fourth-order valence-corrected chi connectivity index (χ4v) is 2.88. The van der Waals surface area contributed by atoms with Gasteiger partial charge in [-0.05, 0) is 36.1 Å². The van der Waals surface area contributed by atoms with E-state index in [1.807, 2.05) is 43.3 Å². The Hall–Kier alpha value is -3.21. The van der Waals surface area contributed by atoms with Crippen molar-refractivity contribution in [3.63, 3.8) is 0 Å². The lowest BCUT2D eigenvalue weighted by molar-refractivity contribution is -0.114. The fourth-order valence-electron chi connectivity index (χ4n) is 2.88. The molecule has 0 saturated heterocycles. The summed E-state index contributed by atoms with van der Waals surface area (Å²) < 4.78 is 0. The minimum absolute atomic E-state index is 0.0982. The van der Waals surface area contributed by atoms with Crippen LogP contribution in [0.25, 0.3) is 27.5 Å². The van der Waals surface area contributed by atoms with Crippen molar-refractivity contribution >= 4 is 33.4 Å². The number of amides is 1. The van der Waals surface area contributed by atoms with Crippen molar-refractivity contribution in [3.8, 4) is 5.69 Å². The van der Waals surface area contributed by atoms with E-state index < -0.39 is 0 Å². The monoisotopic (exact) mass is 316 g/mol. The number of benzene rings is 3. The lowest BCUT2D eigenvalue weighted by atomic mass is 10.1. The summed E-state index contributed by atoms with van der Waals surface area (Å²) in [6.07, 6.45) is 0. The van der Waals surface area contributed by atoms with Gasteiger partial charge >= 0.3 is 0 Å². The predicted octanol–water partition coefficient (Wildman–Crippen LogP) is 3.84. The highest BCUT2D eigenvalue weighted by atomic mass is 16.1. The number of hydrogen-bond donors (Lipinski definition) is 1. The van der Waals surface area contributed by atoms with Crippen LogP contribution in [0.15, 0.2) is 54.6 Å². The molecule has 0 radical (unpaired) electrons. The van der Waals surface area contributed by atoms with Crippen LogP contribution in [0.3, 0.4) is 0 Å². The van der Waals surface area contributed by atoms with E-state index in [1.54, 1.807) is 4.80 Å². The van der Waals surface area contributed by atoms with Gasteiger partial charge in [0, 0.05) is 18.0 Å². The van der Waals surface area contributed by atoms with Gasteiger partial charge in [0.15, 0.2) is 0 Å². The molecule has 0 bridgehead atoms. The molecule has 0 aliphatic carbocycles. The summed E-state index contributed by atoms with van der Waals surface area (Å²) in [5.74, 6) is -0.0982. The predicted molar refractivity (Wildman–Crippen MR) is 95.4 cm³/mol. The third-order valence-corrected chi connectivity index (χ3v) is 4.02. The topological polar surface area (TPSA) is 59.8 Å². The van der Waals surface area contributed by atoms with Crippen molar-refractivity contribution in [3.05, 3.63) is 60.2 Å². The Bertz CT molecular complexity index is 1080. The van der Waals surface area contributed by atoms with Crippen LogP contribution in [0.1, 0.15) is 12.5 Å². The van der Waals surface area contributed by atoms with Gasteiger partial charge in [-0.1, -0.05) is 36.4 Å². The van der Waals surface area contributed by atoms with Crippen LogP contribution >= 0.6 is 0 Å². The Morgan fingerprint density at radius 2 is 1.71 bits per heavy atom. The van der Waals surface area contributed by atoms with Gasteiger partial charge in [0.2, 0.25) is 5.91 Å². The average Bonchev–Trinajstić information content (AvgIpc) is 2.96. The molecular formula is C19H16N4O. The Kier molecular flexibility index (Phi) is 3.27. The zero-order valence-corrected chi connectivity index (χ0v) is 13.4. The number of rotatable bonds is 2. The first-order valence-electron chi connectivity index (χ1n) is 7.75. The van der Waals surface area contributed by atoms with Crippen molar-refractivity contribution in [2.75, 3.05) is 5.32 Å². The van der Waals surface area contributed by atoms with Crippen molar-refractivity contribution in [1.82, 2.24) is 15.0 Å². The molecule has 1 heterocycles. The molecule has 3 aromatic carbocycles. The smallest absolute Gasteiger partial charge is 0.221 e. The Morgan fingerprint density at radius 1 is 1.00 bits per heavy atom. The van der Waals surface area contributed by atoms with Crippen molar-refractivity contribution in [2.24, 2.45) is 0 Å². The fraction of sp³-hybridized carbons (Fsp3) is 0.105. The highest BCUT2D eigenvalue weighted by molar-refractivity contribution is 5.93. The molecular weight excluding hydrogens is 300 g/mol. The molecule has 0 atom stereocenters. The highest BCUT2D eigenvalue weighted by Crippen LogP contribution is 2.25. The number of anilines is 1. The second-order valence-electron chi connectivity index (χ2n) is 5.82. The van der Waals surface area contributed by atoms with E-state index in [0.717, 1.165) is 38.7 Å². The number of fused-ring (bicyclic) bond motifs is 2. The third-order valence-electron chi connectivity index (χ3n) is 4.02. The van der Waals surface area contributed by atoms with Crippen LogP contribution in [0, 0.1) is 6.92 Å². The van der Waals surface area contributed by atoms with Gasteiger partial charge in [0.1, 0.15) is 11.0 Å². The SMILES string of the molecule is CC(=O)Nc1cc2nn(-c3cccc4ccccc34)nc2cc1C. The second kappa shape index (κ2) is 5.45. The van der Waals surface area contributed by atoms with Gasteiger partial charge < -0.3 is 5.32 Å². The summed E-state index contributed by atoms with van der Waals surface area (Å²) in [6, 6.07) is 18.0. The third kappa shape index (κ3) is 2.40. The number of aryl methyl sites for hydroxylation is 1. The Morgan fingerprint density at radius 3 is 2.50 bits per heavy atom. The number of carbonyl (C=O) groups excluding carboxylic acids is 1. The van der Waals surface area contributed by atoms with Crippen molar-refractivity contribution in [1.29, 1.82) is 0 Å². The Balaban J connectivity index is 1.89. The summed E-state index contributed by atoms with van der Waals surface area (Å²) in [5.41, 5.74) is 4.21. The van der Waals surface area contributed by atoms with E-state index in [1.165, 1.54) is 6.92 Å². The summed E-state index contributed by atoms with van der Waals surface area (Å²) in [7, 11) is 0. The lowest BCUT2D eigenvalue weighted by Gasteiger charge is -2.04. The molecule has 0 aliphatic rings. The van der Waals surface area contributed by atoms with Crippen molar-refractivity contribution < 1.29 is 4.79 Å². The summed E-state index contributed by atoms with van der Waals surface area (Å²) >= 11 is 0. The van der Waals surface area contributed by atoms with E-state index >= 15 is 0 Å². The average molecular weight is 316 g/mol. The van der Waals surface area contributed by atoms with E-state index in [4.69, 9.17) is 0 Å². The molecule has 0 fully saturated rings. The number of hydrogen-bond acceptors (Lipinski definition) is 3. The van der Waals surface area contributed by atoms with Gasteiger partial charge in [-0.2, -0.15) is 0 Å². The zero-order valence-electron chi connectivity index (χ0n) is 13.4. The van der Waals surface area contributed by atoms with E-state index in [9.17, 15) is 4.79 Å². The quantitative estimate of drug-likeness (QED) is 0.611. The van der Waals surface area contributed by atoms with Gasteiger partial charge in [0.05, 0.1) is 5.69 Å². The first-order valence-corrected chi connectivity index (χ1v) is 7.75. The summed E-state index contributed by atoms with van der Waals surface area (Å²) in [6.45, 7) is 3.44. The summed E-state index contributed by atoms with van der Waals surface area (Å²) in [4.78, 5) is 13.0. The Labute approximate surface area is 138 Å². The maximum absolute atomic E-state index is 11.3. The maximum atomic E-state index is 11.3. The molecule has 1 aromatic heterocycles. The molecule has 1 amide bonds. The largest absolute Gasteiger partial charge is 0.326 e. The standard InChI is InChI=1S/C19H16N4O/c1-12-10-17-18(11-16(12)20-13(2)24)22-23(21-17)19-9-5-7-14-6-3-4-8-15(14)19/h3-11H,1-2H3,(H,20,24). The van der Waals surface area contributed by atoms with E-state index in [-0.39, 0.29) is 5.91 Å². The molecule has 0 aliphatic heterocycles. The van der Waals surface area contributed by atoms with Gasteiger partial charge in [0.25, 0.3) is 0 Å². The zero-order chi connectivity index (χ0) is 16.7. The molecule has 4 aromatic rings. The number of nitrogens with zero attached hydrogens (tertiary/aromatic N) is 3. The molecule has 0 spiro atoms. The lowest BCUT2D eigenvalue weighted by Crippen LogP contribution is -2.06. The van der Waals surface area contributed by atoms with Crippen LogP contribution < -0.4 is 5.32 Å². The summed E-state index contributed by atoms with van der Waals surface area (Å²) in [5, 5.41) is 14.3. The van der Waals surface area contributed by atoms with Gasteiger partial charge in [-0.25, -0.2) is 0 Å².